The highest BCUT2D eigenvalue weighted by Gasteiger charge is 2.22. The molecule has 1 amide bonds. The molecule has 1 aliphatic heterocycles. The van der Waals surface area contributed by atoms with Crippen molar-refractivity contribution in [2.24, 2.45) is 0 Å². The van der Waals surface area contributed by atoms with E-state index >= 15 is 0 Å². The Morgan fingerprint density at radius 1 is 1.13 bits per heavy atom. The number of rotatable bonds is 4. The average Bonchev–Trinajstić information content (AvgIpc) is 3.00. The van der Waals surface area contributed by atoms with Gasteiger partial charge < -0.3 is 14.8 Å². The molecule has 1 heterocycles. The molecule has 3 rings (SSSR count). The van der Waals surface area contributed by atoms with Crippen LogP contribution in [0.5, 0.6) is 11.5 Å². The van der Waals surface area contributed by atoms with Gasteiger partial charge in [0.25, 0.3) is 5.91 Å². The van der Waals surface area contributed by atoms with Crippen LogP contribution >= 0.6 is 11.6 Å². The Bertz CT molecular complexity index is 726. The SMILES string of the molecule is CC(C)(CNC(=O)c1ccc2c(c1)OCO2)c1ccc(Cl)cc1. The van der Waals surface area contributed by atoms with Crippen LogP contribution in [0.3, 0.4) is 0 Å². The van der Waals surface area contributed by atoms with E-state index in [2.05, 4.69) is 19.2 Å². The molecule has 0 unspecified atom stereocenters. The number of halogens is 1. The lowest BCUT2D eigenvalue weighted by atomic mass is 9.84. The van der Waals surface area contributed by atoms with Crippen LogP contribution < -0.4 is 14.8 Å². The van der Waals surface area contributed by atoms with E-state index in [0.717, 1.165) is 5.56 Å². The number of carbonyl (C=O) groups is 1. The van der Waals surface area contributed by atoms with E-state index in [1.54, 1.807) is 18.2 Å². The minimum atomic E-state index is -0.198. The predicted octanol–water partition coefficient (Wildman–Crippen LogP) is 3.78. The Morgan fingerprint density at radius 2 is 1.83 bits per heavy atom. The number of hydrogen-bond donors (Lipinski definition) is 1. The predicted molar refractivity (Wildman–Crippen MR) is 89.4 cm³/mol. The van der Waals surface area contributed by atoms with Gasteiger partial charge in [-0.15, -0.1) is 0 Å². The van der Waals surface area contributed by atoms with Gasteiger partial charge in [0.1, 0.15) is 0 Å². The van der Waals surface area contributed by atoms with E-state index in [9.17, 15) is 4.79 Å². The van der Waals surface area contributed by atoms with Gasteiger partial charge in [0.15, 0.2) is 11.5 Å². The Morgan fingerprint density at radius 3 is 2.57 bits per heavy atom. The molecular weight excluding hydrogens is 314 g/mol. The number of fused-ring (bicyclic) bond motifs is 1. The Kier molecular flexibility index (Phi) is 4.18. The van der Waals surface area contributed by atoms with E-state index in [4.69, 9.17) is 21.1 Å². The minimum absolute atomic E-state index is 0.134. The fourth-order valence-electron chi connectivity index (χ4n) is 2.44. The fourth-order valence-corrected chi connectivity index (χ4v) is 2.57. The first-order valence-electron chi connectivity index (χ1n) is 7.40. The smallest absolute Gasteiger partial charge is 0.251 e. The molecule has 0 aromatic heterocycles. The molecule has 120 valence electrons. The van der Waals surface area contributed by atoms with Gasteiger partial charge >= 0.3 is 0 Å². The lowest BCUT2D eigenvalue weighted by molar-refractivity contribution is 0.0945. The number of ether oxygens (including phenoxy) is 2. The van der Waals surface area contributed by atoms with Crippen LogP contribution in [-0.2, 0) is 5.41 Å². The van der Waals surface area contributed by atoms with E-state index in [-0.39, 0.29) is 18.1 Å². The zero-order chi connectivity index (χ0) is 16.4. The van der Waals surface area contributed by atoms with Crippen LogP contribution in [0.2, 0.25) is 5.02 Å². The highest BCUT2D eigenvalue weighted by atomic mass is 35.5. The van der Waals surface area contributed by atoms with E-state index in [0.29, 0.717) is 28.6 Å². The minimum Gasteiger partial charge on any atom is -0.454 e. The number of benzene rings is 2. The molecule has 0 atom stereocenters. The molecule has 0 bridgehead atoms. The summed E-state index contributed by atoms with van der Waals surface area (Å²) in [6.45, 7) is 4.87. The van der Waals surface area contributed by atoms with Crippen molar-refractivity contribution in [3.63, 3.8) is 0 Å². The second-order valence-corrected chi connectivity index (χ2v) is 6.58. The molecule has 4 nitrogen and oxygen atoms in total. The molecule has 1 aliphatic rings. The van der Waals surface area contributed by atoms with Crippen LogP contribution in [0.4, 0.5) is 0 Å². The monoisotopic (exact) mass is 331 g/mol. The maximum atomic E-state index is 12.3. The third-order valence-corrected chi connectivity index (χ3v) is 4.20. The van der Waals surface area contributed by atoms with Crippen LogP contribution in [0.25, 0.3) is 0 Å². The van der Waals surface area contributed by atoms with Crippen molar-refractivity contribution >= 4 is 17.5 Å². The van der Waals surface area contributed by atoms with Gasteiger partial charge in [-0.3, -0.25) is 4.79 Å². The molecule has 2 aromatic carbocycles. The van der Waals surface area contributed by atoms with Crippen molar-refractivity contribution in [1.29, 1.82) is 0 Å². The Labute approximate surface area is 140 Å². The van der Waals surface area contributed by atoms with Gasteiger partial charge in [-0.05, 0) is 35.9 Å². The van der Waals surface area contributed by atoms with Crippen molar-refractivity contribution < 1.29 is 14.3 Å². The third kappa shape index (κ3) is 3.42. The van der Waals surface area contributed by atoms with Crippen molar-refractivity contribution in [2.75, 3.05) is 13.3 Å². The van der Waals surface area contributed by atoms with E-state index < -0.39 is 0 Å². The second-order valence-electron chi connectivity index (χ2n) is 6.14. The second kappa shape index (κ2) is 6.13. The molecule has 0 saturated heterocycles. The number of carbonyl (C=O) groups excluding carboxylic acids is 1. The van der Waals surface area contributed by atoms with E-state index in [1.165, 1.54) is 0 Å². The molecule has 5 heteroatoms. The third-order valence-electron chi connectivity index (χ3n) is 3.95. The number of amides is 1. The van der Waals surface area contributed by atoms with Crippen molar-refractivity contribution in [2.45, 2.75) is 19.3 Å². The Balaban J connectivity index is 1.67. The van der Waals surface area contributed by atoms with Gasteiger partial charge in [0.2, 0.25) is 6.79 Å². The summed E-state index contributed by atoms with van der Waals surface area (Å²) in [7, 11) is 0. The summed E-state index contributed by atoms with van der Waals surface area (Å²) in [6, 6.07) is 12.9. The molecule has 0 aliphatic carbocycles. The van der Waals surface area contributed by atoms with Crippen LogP contribution in [-0.4, -0.2) is 19.2 Å². The standard InChI is InChI=1S/C18H18ClNO3/c1-18(2,13-4-6-14(19)7-5-13)10-20-17(21)12-3-8-15-16(9-12)23-11-22-15/h3-9H,10-11H2,1-2H3,(H,20,21). The molecule has 0 radical (unpaired) electrons. The average molecular weight is 332 g/mol. The van der Waals surface area contributed by atoms with Crippen molar-refractivity contribution in [3.8, 4) is 11.5 Å². The first-order chi connectivity index (χ1) is 11.0. The van der Waals surface area contributed by atoms with Crippen LogP contribution in [0, 0.1) is 0 Å². The van der Waals surface area contributed by atoms with Gasteiger partial charge in [0.05, 0.1) is 0 Å². The summed E-state index contributed by atoms with van der Waals surface area (Å²) in [4.78, 5) is 12.3. The zero-order valence-corrected chi connectivity index (χ0v) is 13.8. The van der Waals surface area contributed by atoms with Gasteiger partial charge in [-0.2, -0.15) is 0 Å². The lowest BCUT2D eigenvalue weighted by Gasteiger charge is -2.25. The highest BCUT2D eigenvalue weighted by Crippen LogP contribution is 2.32. The number of nitrogens with one attached hydrogen (secondary N) is 1. The molecule has 0 fully saturated rings. The molecule has 1 N–H and O–H groups in total. The summed E-state index contributed by atoms with van der Waals surface area (Å²) in [5.41, 5.74) is 1.48. The summed E-state index contributed by atoms with van der Waals surface area (Å²) in [5.74, 6) is 1.14. The molecular formula is C18H18ClNO3. The first kappa shape index (κ1) is 15.7. The quantitative estimate of drug-likeness (QED) is 0.927. The lowest BCUT2D eigenvalue weighted by Crippen LogP contribution is -2.36. The Hall–Kier alpha value is -2.20. The van der Waals surface area contributed by atoms with Gasteiger partial charge in [-0.25, -0.2) is 0 Å². The van der Waals surface area contributed by atoms with Gasteiger partial charge in [0, 0.05) is 22.5 Å². The van der Waals surface area contributed by atoms with Gasteiger partial charge in [-0.1, -0.05) is 37.6 Å². The molecule has 0 spiro atoms. The topological polar surface area (TPSA) is 47.6 Å². The molecule has 2 aromatic rings. The maximum absolute atomic E-state index is 12.3. The maximum Gasteiger partial charge on any atom is 0.251 e. The van der Waals surface area contributed by atoms with E-state index in [1.807, 2.05) is 24.3 Å². The van der Waals surface area contributed by atoms with Crippen LogP contribution in [0.1, 0.15) is 29.8 Å². The normalized spacial score (nSPS) is 13.0. The zero-order valence-electron chi connectivity index (χ0n) is 13.1. The summed E-state index contributed by atoms with van der Waals surface area (Å²) >= 11 is 5.92. The van der Waals surface area contributed by atoms with Crippen LogP contribution in [0.15, 0.2) is 42.5 Å². The largest absolute Gasteiger partial charge is 0.454 e. The molecule has 0 saturated carbocycles. The summed E-state index contributed by atoms with van der Waals surface area (Å²) < 4.78 is 10.6. The first-order valence-corrected chi connectivity index (χ1v) is 7.77. The summed E-state index contributed by atoms with van der Waals surface area (Å²) in [6.07, 6.45) is 0. The van der Waals surface area contributed by atoms with Crippen molar-refractivity contribution in [1.82, 2.24) is 5.32 Å². The highest BCUT2D eigenvalue weighted by molar-refractivity contribution is 6.30. The fraction of sp³-hybridized carbons (Fsp3) is 0.278. The van der Waals surface area contributed by atoms with Crippen molar-refractivity contribution in [3.05, 3.63) is 58.6 Å². The summed E-state index contributed by atoms with van der Waals surface area (Å²) in [5, 5.41) is 3.68. The molecule has 23 heavy (non-hydrogen) atoms. The number of hydrogen-bond acceptors (Lipinski definition) is 3.